The van der Waals surface area contributed by atoms with Crippen molar-refractivity contribution in [3.8, 4) is 0 Å². The second-order valence-corrected chi connectivity index (χ2v) is 5.10. The van der Waals surface area contributed by atoms with Crippen LogP contribution >= 0.6 is 12.4 Å². The SMILES string of the molecule is CCCC(=O)NCC(=O)N1CCC(C(C)N)CC1.Cl. The molecule has 0 saturated carbocycles. The minimum Gasteiger partial charge on any atom is -0.347 e. The molecule has 112 valence electrons. The van der Waals surface area contributed by atoms with Gasteiger partial charge in [-0.2, -0.15) is 0 Å². The van der Waals surface area contributed by atoms with Gasteiger partial charge in [0.05, 0.1) is 6.54 Å². The number of likely N-dealkylation sites (tertiary alicyclic amines) is 1. The minimum absolute atomic E-state index is 0. The van der Waals surface area contributed by atoms with Crippen molar-refractivity contribution >= 4 is 24.2 Å². The topological polar surface area (TPSA) is 75.4 Å². The fourth-order valence-electron chi connectivity index (χ4n) is 2.28. The van der Waals surface area contributed by atoms with E-state index in [0.717, 1.165) is 32.4 Å². The van der Waals surface area contributed by atoms with Crippen LogP contribution in [-0.2, 0) is 9.59 Å². The lowest BCUT2D eigenvalue weighted by molar-refractivity contribution is -0.134. The first-order valence-electron chi connectivity index (χ1n) is 6.84. The Morgan fingerprint density at radius 1 is 1.37 bits per heavy atom. The molecule has 1 saturated heterocycles. The first-order chi connectivity index (χ1) is 8.54. The second-order valence-electron chi connectivity index (χ2n) is 5.10. The number of nitrogens with zero attached hydrogens (tertiary/aromatic N) is 1. The lowest BCUT2D eigenvalue weighted by Crippen LogP contribution is -2.46. The summed E-state index contributed by atoms with van der Waals surface area (Å²) in [5.41, 5.74) is 5.86. The molecule has 0 aliphatic carbocycles. The number of nitrogens with two attached hydrogens (primary N) is 1. The molecule has 0 aromatic carbocycles. The zero-order valence-electron chi connectivity index (χ0n) is 11.9. The van der Waals surface area contributed by atoms with Crippen molar-refractivity contribution in [2.75, 3.05) is 19.6 Å². The van der Waals surface area contributed by atoms with Gasteiger partial charge in [0, 0.05) is 25.6 Å². The van der Waals surface area contributed by atoms with Crippen molar-refractivity contribution in [2.45, 2.75) is 45.6 Å². The average Bonchev–Trinajstić information content (AvgIpc) is 2.36. The quantitative estimate of drug-likeness (QED) is 0.790. The molecule has 1 rings (SSSR count). The van der Waals surface area contributed by atoms with Crippen LogP contribution < -0.4 is 11.1 Å². The number of piperidine rings is 1. The molecule has 1 atom stereocenters. The predicted molar refractivity (Wildman–Crippen MR) is 78.1 cm³/mol. The van der Waals surface area contributed by atoms with Crippen molar-refractivity contribution in [3.63, 3.8) is 0 Å². The Morgan fingerprint density at radius 2 is 1.95 bits per heavy atom. The molecular weight excluding hydrogens is 266 g/mol. The van der Waals surface area contributed by atoms with Crippen LogP contribution in [0.25, 0.3) is 0 Å². The van der Waals surface area contributed by atoms with Gasteiger partial charge in [-0.15, -0.1) is 12.4 Å². The Bertz CT molecular complexity index is 290. The highest BCUT2D eigenvalue weighted by Crippen LogP contribution is 2.19. The molecule has 0 spiro atoms. The van der Waals surface area contributed by atoms with E-state index >= 15 is 0 Å². The van der Waals surface area contributed by atoms with E-state index < -0.39 is 0 Å². The summed E-state index contributed by atoms with van der Waals surface area (Å²) in [5.74, 6) is 0.489. The highest BCUT2D eigenvalue weighted by Gasteiger charge is 2.24. The number of amides is 2. The largest absolute Gasteiger partial charge is 0.347 e. The van der Waals surface area contributed by atoms with E-state index in [1.165, 1.54) is 0 Å². The number of halogens is 1. The van der Waals surface area contributed by atoms with Crippen LogP contribution in [0.2, 0.25) is 0 Å². The number of rotatable bonds is 5. The zero-order valence-corrected chi connectivity index (χ0v) is 12.7. The van der Waals surface area contributed by atoms with Gasteiger partial charge in [-0.1, -0.05) is 6.92 Å². The van der Waals surface area contributed by atoms with Crippen molar-refractivity contribution in [2.24, 2.45) is 11.7 Å². The van der Waals surface area contributed by atoms with Crippen molar-refractivity contribution in [1.29, 1.82) is 0 Å². The number of hydrogen-bond donors (Lipinski definition) is 2. The molecule has 19 heavy (non-hydrogen) atoms. The predicted octanol–water partition coefficient (Wildman–Crippen LogP) is 0.910. The lowest BCUT2D eigenvalue weighted by atomic mass is 9.91. The van der Waals surface area contributed by atoms with Crippen LogP contribution in [0.4, 0.5) is 0 Å². The summed E-state index contributed by atoms with van der Waals surface area (Å²) in [6.45, 7) is 5.61. The van der Waals surface area contributed by atoms with E-state index in [2.05, 4.69) is 5.32 Å². The molecule has 0 aromatic rings. The third-order valence-corrected chi connectivity index (χ3v) is 3.55. The molecule has 0 aromatic heterocycles. The average molecular weight is 292 g/mol. The first-order valence-corrected chi connectivity index (χ1v) is 6.84. The van der Waals surface area contributed by atoms with Gasteiger partial charge < -0.3 is 16.0 Å². The zero-order chi connectivity index (χ0) is 13.5. The maximum atomic E-state index is 11.9. The molecule has 0 radical (unpaired) electrons. The standard InChI is InChI=1S/C13H25N3O2.ClH/c1-3-4-12(17)15-9-13(18)16-7-5-11(6-8-16)10(2)14;/h10-11H,3-9,14H2,1-2H3,(H,15,17);1H. The van der Waals surface area contributed by atoms with Gasteiger partial charge in [0.1, 0.15) is 0 Å². The Morgan fingerprint density at radius 3 is 2.42 bits per heavy atom. The summed E-state index contributed by atoms with van der Waals surface area (Å²) in [7, 11) is 0. The van der Waals surface area contributed by atoms with E-state index in [1.54, 1.807) is 0 Å². The summed E-state index contributed by atoms with van der Waals surface area (Å²) < 4.78 is 0. The van der Waals surface area contributed by atoms with Gasteiger partial charge >= 0.3 is 0 Å². The number of hydrogen-bond acceptors (Lipinski definition) is 3. The molecule has 5 nitrogen and oxygen atoms in total. The Balaban J connectivity index is 0.00000324. The van der Waals surface area contributed by atoms with E-state index in [1.807, 2.05) is 18.7 Å². The Labute approximate surface area is 121 Å². The summed E-state index contributed by atoms with van der Waals surface area (Å²) in [6.07, 6.45) is 3.22. The fourth-order valence-corrected chi connectivity index (χ4v) is 2.28. The Hall–Kier alpha value is -0.810. The highest BCUT2D eigenvalue weighted by atomic mass is 35.5. The summed E-state index contributed by atoms with van der Waals surface area (Å²) in [6, 6.07) is 0.200. The summed E-state index contributed by atoms with van der Waals surface area (Å²) in [5, 5.41) is 2.66. The van der Waals surface area contributed by atoms with E-state index in [4.69, 9.17) is 5.73 Å². The second kappa shape index (κ2) is 9.15. The van der Waals surface area contributed by atoms with E-state index in [9.17, 15) is 9.59 Å². The highest BCUT2D eigenvalue weighted by molar-refractivity contribution is 5.85. The lowest BCUT2D eigenvalue weighted by Gasteiger charge is -2.33. The molecule has 1 heterocycles. The summed E-state index contributed by atoms with van der Waals surface area (Å²) >= 11 is 0. The maximum Gasteiger partial charge on any atom is 0.241 e. The number of carbonyl (C=O) groups excluding carboxylic acids is 2. The molecule has 1 unspecified atom stereocenters. The van der Waals surface area contributed by atoms with Crippen molar-refractivity contribution < 1.29 is 9.59 Å². The smallest absolute Gasteiger partial charge is 0.241 e. The van der Waals surface area contributed by atoms with Crippen LogP contribution in [-0.4, -0.2) is 42.4 Å². The van der Waals surface area contributed by atoms with Gasteiger partial charge in [0.15, 0.2) is 0 Å². The molecular formula is C13H26ClN3O2. The van der Waals surface area contributed by atoms with Gasteiger partial charge in [-0.3, -0.25) is 9.59 Å². The van der Waals surface area contributed by atoms with Crippen LogP contribution in [0.1, 0.15) is 39.5 Å². The minimum atomic E-state index is -0.0451. The van der Waals surface area contributed by atoms with E-state index in [0.29, 0.717) is 12.3 Å². The third kappa shape index (κ3) is 6.25. The van der Waals surface area contributed by atoms with Gasteiger partial charge in [0.25, 0.3) is 0 Å². The molecule has 6 heteroatoms. The van der Waals surface area contributed by atoms with Crippen LogP contribution in [0.15, 0.2) is 0 Å². The molecule has 1 aliphatic heterocycles. The first kappa shape index (κ1) is 18.2. The van der Waals surface area contributed by atoms with Crippen LogP contribution in [0, 0.1) is 5.92 Å². The molecule has 1 fully saturated rings. The van der Waals surface area contributed by atoms with Crippen LogP contribution in [0.3, 0.4) is 0 Å². The molecule has 2 amide bonds. The number of nitrogens with one attached hydrogen (secondary N) is 1. The van der Waals surface area contributed by atoms with Gasteiger partial charge in [-0.05, 0) is 32.1 Å². The monoisotopic (exact) mass is 291 g/mol. The fraction of sp³-hybridized carbons (Fsp3) is 0.846. The normalized spacial score (nSPS) is 17.5. The van der Waals surface area contributed by atoms with E-state index in [-0.39, 0.29) is 36.8 Å². The number of carbonyl (C=O) groups is 2. The van der Waals surface area contributed by atoms with Gasteiger partial charge in [0.2, 0.25) is 11.8 Å². The Kier molecular flexibility index (Phi) is 8.76. The van der Waals surface area contributed by atoms with Crippen LogP contribution in [0.5, 0.6) is 0 Å². The van der Waals surface area contributed by atoms with Gasteiger partial charge in [-0.25, -0.2) is 0 Å². The van der Waals surface area contributed by atoms with Crippen molar-refractivity contribution in [1.82, 2.24) is 10.2 Å². The molecule has 0 bridgehead atoms. The maximum absolute atomic E-state index is 11.9. The summed E-state index contributed by atoms with van der Waals surface area (Å²) in [4.78, 5) is 25.0. The molecule has 3 N–H and O–H groups in total. The van der Waals surface area contributed by atoms with Crippen molar-refractivity contribution in [3.05, 3.63) is 0 Å². The molecule has 1 aliphatic rings. The third-order valence-electron chi connectivity index (χ3n) is 3.55.